The molecule has 0 aromatic heterocycles. The summed E-state index contributed by atoms with van der Waals surface area (Å²) in [7, 11) is 0. The number of allylic oxidation sites excluding steroid dienone is 1. The van der Waals surface area contributed by atoms with Crippen molar-refractivity contribution in [2.24, 2.45) is 11.8 Å². The second-order valence-electron chi connectivity index (χ2n) is 6.18. The standard InChI is InChI=1S/C15H20O3/c1-8-4-5-11-9(2)14(16)18-13(11)12-10(8)6-7-15(12,3)17/h11-13,17H,2,4-7H2,1,3H3/t11-,12+,13-,15-/m1/s1. The molecule has 3 aliphatic rings. The van der Waals surface area contributed by atoms with E-state index in [1.165, 1.54) is 11.1 Å². The third-order valence-electron chi connectivity index (χ3n) is 5.00. The number of hydrogen-bond acceptors (Lipinski definition) is 3. The summed E-state index contributed by atoms with van der Waals surface area (Å²) in [5.74, 6) is -0.223. The lowest BCUT2D eigenvalue weighted by atomic mass is 9.79. The second kappa shape index (κ2) is 3.70. The molecule has 0 unspecified atom stereocenters. The lowest BCUT2D eigenvalue weighted by Crippen LogP contribution is -2.40. The van der Waals surface area contributed by atoms with Crippen molar-refractivity contribution in [2.75, 3.05) is 0 Å². The minimum Gasteiger partial charge on any atom is -0.458 e. The van der Waals surface area contributed by atoms with Gasteiger partial charge in [0.2, 0.25) is 0 Å². The largest absolute Gasteiger partial charge is 0.458 e. The predicted molar refractivity (Wildman–Crippen MR) is 67.8 cm³/mol. The SMILES string of the molecule is C=C1C(=O)O[C@@H]2[C@@H]1CCC(C)=C1CC[C@@](C)(O)[C@@H]12. The maximum absolute atomic E-state index is 11.7. The Morgan fingerprint density at radius 2 is 2.17 bits per heavy atom. The van der Waals surface area contributed by atoms with Crippen molar-refractivity contribution in [1.82, 2.24) is 0 Å². The Labute approximate surface area is 108 Å². The number of esters is 1. The lowest BCUT2D eigenvalue weighted by Gasteiger charge is -2.32. The van der Waals surface area contributed by atoms with Crippen molar-refractivity contribution in [3.05, 3.63) is 23.3 Å². The fourth-order valence-corrected chi connectivity index (χ4v) is 3.91. The van der Waals surface area contributed by atoms with E-state index in [0.29, 0.717) is 5.57 Å². The number of carbonyl (C=O) groups is 1. The Morgan fingerprint density at radius 1 is 1.44 bits per heavy atom. The molecule has 0 aromatic carbocycles. The molecule has 98 valence electrons. The summed E-state index contributed by atoms with van der Waals surface area (Å²) in [6, 6.07) is 0. The zero-order chi connectivity index (χ0) is 13.1. The molecule has 0 aromatic rings. The van der Waals surface area contributed by atoms with Gasteiger partial charge in [0.1, 0.15) is 6.10 Å². The quantitative estimate of drug-likeness (QED) is 0.406. The highest BCUT2D eigenvalue weighted by molar-refractivity contribution is 5.91. The number of carbonyl (C=O) groups excluding carboxylic acids is 1. The number of fused-ring (bicyclic) bond motifs is 3. The molecular formula is C15H20O3. The molecule has 3 rings (SSSR count). The van der Waals surface area contributed by atoms with Gasteiger partial charge in [-0.2, -0.15) is 0 Å². The number of hydrogen-bond donors (Lipinski definition) is 1. The lowest BCUT2D eigenvalue weighted by molar-refractivity contribution is -0.144. The predicted octanol–water partition coefficient (Wildman–Crippen LogP) is 2.36. The van der Waals surface area contributed by atoms with Crippen LogP contribution in [0, 0.1) is 11.8 Å². The molecule has 3 heteroatoms. The van der Waals surface area contributed by atoms with E-state index in [9.17, 15) is 9.90 Å². The van der Waals surface area contributed by atoms with Gasteiger partial charge in [0.05, 0.1) is 5.60 Å². The van der Waals surface area contributed by atoms with E-state index in [2.05, 4.69) is 13.5 Å². The molecule has 0 spiro atoms. The molecule has 1 saturated heterocycles. The van der Waals surface area contributed by atoms with E-state index in [-0.39, 0.29) is 23.9 Å². The van der Waals surface area contributed by atoms with Gasteiger partial charge in [-0.05, 0) is 39.5 Å². The van der Waals surface area contributed by atoms with Gasteiger partial charge in [0, 0.05) is 17.4 Å². The number of aliphatic hydroxyl groups is 1. The van der Waals surface area contributed by atoms with Gasteiger partial charge in [-0.1, -0.05) is 17.7 Å². The van der Waals surface area contributed by atoms with Gasteiger partial charge < -0.3 is 9.84 Å². The topological polar surface area (TPSA) is 46.5 Å². The van der Waals surface area contributed by atoms with Gasteiger partial charge in [-0.15, -0.1) is 0 Å². The molecule has 0 radical (unpaired) electrons. The Hall–Kier alpha value is -1.09. The molecule has 2 fully saturated rings. The highest BCUT2D eigenvalue weighted by Gasteiger charge is 2.54. The van der Waals surface area contributed by atoms with Crippen LogP contribution in [0.5, 0.6) is 0 Å². The van der Waals surface area contributed by atoms with Crippen LogP contribution in [0.15, 0.2) is 23.3 Å². The third kappa shape index (κ3) is 1.50. The van der Waals surface area contributed by atoms with Crippen molar-refractivity contribution >= 4 is 5.97 Å². The van der Waals surface area contributed by atoms with Gasteiger partial charge in [-0.3, -0.25) is 0 Å². The van der Waals surface area contributed by atoms with Crippen molar-refractivity contribution < 1.29 is 14.6 Å². The van der Waals surface area contributed by atoms with E-state index in [1.54, 1.807) is 0 Å². The van der Waals surface area contributed by atoms with E-state index in [4.69, 9.17) is 4.74 Å². The molecule has 1 N–H and O–H groups in total. The molecule has 1 saturated carbocycles. The van der Waals surface area contributed by atoms with Crippen LogP contribution in [-0.4, -0.2) is 22.8 Å². The summed E-state index contributed by atoms with van der Waals surface area (Å²) in [5, 5.41) is 10.6. The molecule has 1 aliphatic heterocycles. The zero-order valence-corrected chi connectivity index (χ0v) is 11.0. The van der Waals surface area contributed by atoms with E-state index >= 15 is 0 Å². The highest BCUT2D eigenvalue weighted by atomic mass is 16.6. The Kier molecular flexibility index (Phi) is 2.46. The summed E-state index contributed by atoms with van der Waals surface area (Å²) in [6.45, 7) is 7.89. The van der Waals surface area contributed by atoms with Crippen LogP contribution in [0.25, 0.3) is 0 Å². The van der Waals surface area contributed by atoms with Crippen LogP contribution in [0.4, 0.5) is 0 Å². The zero-order valence-electron chi connectivity index (χ0n) is 11.0. The average molecular weight is 248 g/mol. The minimum atomic E-state index is -0.755. The Morgan fingerprint density at radius 3 is 2.89 bits per heavy atom. The van der Waals surface area contributed by atoms with E-state index in [1.807, 2.05) is 6.92 Å². The highest BCUT2D eigenvalue weighted by Crippen LogP contribution is 2.52. The number of rotatable bonds is 0. The second-order valence-corrected chi connectivity index (χ2v) is 6.18. The van der Waals surface area contributed by atoms with Crippen LogP contribution in [0.3, 0.4) is 0 Å². The van der Waals surface area contributed by atoms with Crippen molar-refractivity contribution in [2.45, 2.75) is 51.2 Å². The van der Waals surface area contributed by atoms with Gasteiger partial charge in [0.15, 0.2) is 0 Å². The summed E-state index contributed by atoms with van der Waals surface area (Å²) in [5.41, 5.74) is 2.53. The van der Waals surface area contributed by atoms with Crippen LogP contribution < -0.4 is 0 Å². The molecule has 3 nitrogen and oxygen atoms in total. The van der Waals surface area contributed by atoms with Crippen molar-refractivity contribution in [3.8, 4) is 0 Å². The van der Waals surface area contributed by atoms with Crippen LogP contribution in [-0.2, 0) is 9.53 Å². The first kappa shape index (κ1) is 12.0. The summed E-state index contributed by atoms with van der Waals surface area (Å²) in [6.07, 6.45) is 3.39. The first-order valence-corrected chi connectivity index (χ1v) is 6.72. The fraction of sp³-hybridized carbons (Fsp3) is 0.667. The average Bonchev–Trinajstić information content (AvgIpc) is 2.69. The fourth-order valence-electron chi connectivity index (χ4n) is 3.91. The Balaban J connectivity index is 2.06. The van der Waals surface area contributed by atoms with Crippen LogP contribution >= 0.6 is 0 Å². The monoisotopic (exact) mass is 248 g/mol. The van der Waals surface area contributed by atoms with Gasteiger partial charge >= 0.3 is 5.97 Å². The summed E-state index contributed by atoms with van der Waals surface area (Å²) in [4.78, 5) is 11.7. The molecule has 0 amide bonds. The molecule has 0 bridgehead atoms. The van der Waals surface area contributed by atoms with Crippen molar-refractivity contribution in [3.63, 3.8) is 0 Å². The third-order valence-corrected chi connectivity index (χ3v) is 5.00. The maximum atomic E-state index is 11.7. The smallest absolute Gasteiger partial charge is 0.334 e. The summed E-state index contributed by atoms with van der Waals surface area (Å²) < 4.78 is 5.52. The first-order valence-electron chi connectivity index (χ1n) is 6.72. The van der Waals surface area contributed by atoms with Gasteiger partial charge in [-0.25, -0.2) is 4.79 Å². The summed E-state index contributed by atoms with van der Waals surface area (Å²) >= 11 is 0. The minimum absolute atomic E-state index is 0.0341. The Bertz CT molecular complexity index is 458. The molecule has 18 heavy (non-hydrogen) atoms. The number of ether oxygens (including phenoxy) is 1. The molecule has 1 heterocycles. The van der Waals surface area contributed by atoms with E-state index in [0.717, 1.165) is 25.7 Å². The van der Waals surface area contributed by atoms with E-state index < -0.39 is 5.60 Å². The maximum Gasteiger partial charge on any atom is 0.334 e. The molecular weight excluding hydrogens is 228 g/mol. The van der Waals surface area contributed by atoms with Crippen molar-refractivity contribution in [1.29, 1.82) is 0 Å². The first-order chi connectivity index (χ1) is 8.42. The van der Waals surface area contributed by atoms with Gasteiger partial charge in [0.25, 0.3) is 0 Å². The van der Waals surface area contributed by atoms with Crippen LogP contribution in [0.2, 0.25) is 0 Å². The molecule has 4 atom stereocenters. The normalized spacial score (nSPS) is 43.6. The van der Waals surface area contributed by atoms with Crippen LogP contribution in [0.1, 0.15) is 39.5 Å². The molecule has 2 aliphatic carbocycles.